The number of pyridine rings is 1. The summed E-state index contributed by atoms with van der Waals surface area (Å²) in [7, 11) is 1.69. The van der Waals surface area contributed by atoms with E-state index in [2.05, 4.69) is 33.4 Å². The van der Waals surface area contributed by atoms with E-state index >= 15 is 0 Å². The third-order valence-corrected chi connectivity index (χ3v) is 7.08. The van der Waals surface area contributed by atoms with Crippen LogP contribution in [0.15, 0.2) is 30.6 Å². The maximum Gasteiger partial charge on any atom is 0.241 e. The first-order valence-electron chi connectivity index (χ1n) is 12.7. The van der Waals surface area contributed by atoms with Gasteiger partial charge in [-0.15, -0.1) is 5.10 Å². The van der Waals surface area contributed by atoms with E-state index in [0.29, 0.717) is 18.5 Å². The van der Waals surface area contributed by atoms with Gasteiger partial charge in [-0.3, -0.25) is 9.88 Å². The summed E-state index contributed by atoms with van der Waals surface area (Å²) in [4.78, 5) is 11.8. The zero-order chi connectivity index (χ0) is 24.2. The number of morpholine rings is 1. The summed E-state index contributed by atoms with van der Waals surface area (Å²) in [5.41, 5.74) is 5.36. The van der Waals surface area contributed by atoms with Crippen LogP contribution in [-0.2, 0) is 16.0 Å². The summed E-state index contributed by atoms with van der Waals surface area (Å²) in [6.07, 6.45) is 7.23. The third kappa shape index (κ3) is 5.64. The topological polar surface area (TPSA) is 97.0 Å². The monoisotopic (exact) mass is 480 g/mol. The quantitative estimate of drug-likeness (QED) is 0.508. The third-order valence-electron chi connectivity index (χ3n) is 7.08. The van der Waals surface area contributed by atoms with Crippen molar-refractivity contribution < 1.29 is 14.6 Å². The summed E-state index contributed by atoms with van der Waals surface area (Å²) < 4.78 is 12.7. The molecule has 0 bridgehead atoms. The molecule has 0 amide bonds. The van der Waals surface area contributed by atoms with Gasteiger partial charge in [0.1, 0.15) is 0 Å². The minimum Gasteiger partial charge on any atom is -0.393 e. The Balaban J connectivity index is 1.45. The van der Waals surface area contributed by atoms with Gasteiger partial charge < -0.3 is 19.9 Å². The molecule has 1 atom stereocenters. The van der Waals surface area contributed by atoms with Crippen molar-refractivity contribution in [1.82, 2.24) is 24.5 Å². The number of hydrogen-bond acceptors (Lipinski definition) is 8. The zero-order valence-electron chi connectivity index (χ0n) is 20.7. The highest BCUT2D eigenvalue weighted by Crippen LogP contribution is 2.37. The summed E-state index contributed by atoms with van der Waals surface area (Å²) >= 11 is 0. The summed E-state index contributed by atoms with van der Waals surface area (Å²) in [5.74, 6) is 0.938. The molecule has 3 aromatic rings. The molecular weight excluding hydrogens is 444 g/mol. The van der Waals surface area contributed by atoms with E-state index in [9.17, 15) is 5.11 Å². The van der Waals surface area contributed by atoms with Gasteiger partial charge in [-0.25, -0.2) is 9.50 Å². The van der Waals surface area contributed by atoms with Crippen molar-refractivity contribution >= 4 is 11.5 Å². The highest BCUT2D eigenvalue weighted by molar-refractivity contribution is 5.81. The average Bonchev–Trinajstić information content (AvgIpc) is 3.24. The SMILES string of the molecule is COC[C@H](C)Nc1ncc2c(-c3ccc(CN4CCOCC4)nc3)cc([C@H]3CC[C@H](O)CC3)n2n1. The van der Waals surface area contributed by atoms with E-state index in [1.165, 1.54) is 5.69 Å². The number of aromatic nitrogens is 4. The van der Waals surface area contributed by atoms with Crippen molar-refractivity contribution in [2.45, 2.75) is 57.2 Å². The number of nitrogens with one attached hydrogen (secondary N) is 1. The molecule has 4 heterocycles. The van der Waals surface area contributed by atoms with Gasteiger partial charge in [0.25, 0.3) is 0 Å². The second kappa shape index (κ2) is 11.0. The molecule has 35 heavy (non-hydrogen) atoms. The molecule has 1 saturated carbocycles. The Morgan fingerprint density at radius 3 is 2.66 bits per heavy atom. The molecule has 188 valence electrons. The molecule has 1 saturated heterocycles. The Morgan fingerprint density at radius 1 is 1.14 bits per heavy atom. The van der Waals surface area contributed by atoms with Crippen LogP contribution in [0.4, 0.5) is 5.95 Å². The molecule has 2 aliphatic rings. The van der Waals surface area contributed by atoms with Crippen LogP contribution in [0.25, 0.3) is 16.6 Å². The van der Waals surface area contributed by atoms with Gasteiger partial charge in [0, 0.05) is 61.7 Å². The summed E-state index contributed by atoms with van der Waals surface area (Å²) in [5, 5.41) is 18.2. The highest BCUT2D eigenvalue weighted by Gasteiger charge is 2.26. The van der Waals surface area contributed by atoms with Crippen LogP contribution < -0.4 is 5.32 Å². The first kappa shape index (κ1) is 24.1. The molecule has 0 aromatic carbocycles. The Kier molecular flexibility index (Phi) is 7.57. The minimum absolute atomic E-state index is 0.101. The van der Waals surface area contributed by atoms with Crippen LogP contribution in [0, 0.1) is 0 Å². The van der Waals surface area contributed by atoms with Gasteiger partial charge in [-0.2, -0.15) is 0 Å². The van der Waals surface area contributed by atoms with Gasteiger partial charge >= 0.3 is 0 Å². The van der Waals surface area contributed by atoms with Crippen LogP contribution in [0.2, 0.25) is 0 Å². The van der Waals surface area contributed by atoms with Crippen LogP contribution in [0.5, 0.6) is 0 Å². The normalized spacial score (nSPS) is 22.4. The molecule has 1 aliphatic heterocycles. The van der Waals surface area contributed by atoms with Crippen LogP contribution >= 0.6 is 0 Å². The molecule has 9 nitrogen and oxygen atoms in total. The fraction of sp³-hybridized carbons (Fsp3) is 0.577. The fourth-order valence-corrected chi connectivity index (χ4v) is 5.15. The van der Waals surface area contributed by atoms with Crippen molar-refractivity contribution in [2.24, 2.45) is 0 Å². The van der Waals surface area contributed by atoms with E-state index in [1.54, 1.807) is 7.11 Å². The van der Waals surface area contributed by atoms with Crippen LogP contribution in [-0.4, -0.2) is 81.8 Å². The lowest BCUT2D eigenvalue weighted by atomic mass is 9.85. The molecule has 1 aliphatic carbocycles. The number of hydrogen-bond donors (Lipinski definition) is 2. The summed E-state index contributed by atoms with van der Waals surface area (Å²) in [6, 6.07) is 6.62. The highest BCUT2D eigenvalue weighted by atomic mass is 16.5. The molecule has 0 unspecified atom stereocenters. The molecule has 9 heteroatoms. The zero-order valence-corrected chi connectivity index (χ0v) is 20.7. The fourth-order valence-electron chi connectivity index (χ4n) is 5.15. The summed E-state index contributed by atoms with van der Waals surface area (Å²) in [6.45, 7) is 6.94. The second-order valence-electron chi connectivity index (χ2n) is 9.79. The van der Waals surface area contributed by atoms with Gasteiger partial charge in [0.2, 0.25) is 5.95 Å². The molecule has 2 N–H and O–H groups in total. The van der Waals surface area contributed by atoms with Gasteiger partial charge in [-0.1, -0.05) is 6.07 Å². The Morgan fingerprint density at radius 2 is 1.94 bits per heavy atom. The lowest BCUT2D eigenvalue weighted by Gasteiger charge is -2.26. The maximum absolute atomic E-state index is 10.0. The lowest BCUT2D eigenvalue weighted by Crippen LogP contribution is -2.35. The van der Waals surface area contributed by atoms with E-state index in [4.69, 9.17) is 19.6 Å². The molecule has 2 fully saturated rings. The molecular formula is C26H36N6O3. The Bertz CT molecular complexity index is 1100. The van der Waals surface area contributed by atoms with Gasteiger partial charge in [-0.05, 0) is 44.7 Å². The predicted octanol–water partition coefficient (Wildman–Crippen LogP) is 3.09. The molecule has 5 rings (SSSR count). The number of aliphatic hydroxyl groups is 1. The first-order chi connectivity index (χ1) is 17.1. The van der Waals surface area contributed by atoms with Gasteiger partial charge in [0.05, 0.1) is 43.3 Å². The molecule has 0 spiro atoms. The van der Waals surface area contributed by atoms with Crippen molar-refractivity contribution in [3.05, 3.63) is 42.0 Å². The smallest absolute Gasteiger partial charge is 0.241 e. The van der Waals surface area contributed by atoms with Crippen molar-refractivity contribution in [2.75, 3.05) is 45.3 Å². The van der Waals surface area contributed by atoms with Crippen molar-refractivity contribution in [1.29, 1.82) is 0 Å². The predicted molar refractivity (Wildman–Crippen MR) is 134 cm³/mol. The van der Waals surface area contributed by atoms with E-state index < -0.39 is 0 Å². The van der Waals surface area contributed by atoms with Crippen LogP contribution in [0.3, 0.4) is 0 Å². The van der Waals surface area contributed by atoms with Crippen LogP contribution in [0.1, 0.15) is 49.9 Å². The minimum atomic E-state index is -0.193. The molecule has 3 aromatic heterocycles. The van der Waals surface area contributed by atoms with E-state index in [0.717, 1.165) is 80.9 Å². The standard InChI is InChI=1S/C26H36N6O3/c1-18(17-34-2)29-26-28-15-25-23(13-24(32(25)30-26)19-4-7-22(33)8-5-19)20-3-6-21(27-14-20)16-31-9-11-35-12-10-31/h3,6,13-15,18-19,22,33H,4-5,7-12,16-17H2,1-2H3,(H,29,30)/t18-,19-,22-/m0/s1. The van der Waals surface area contributed by atoms with Gasteiger partial charge in [0.15, 0.2) is 0 Å². The molecule has 0 radical (unpaired) electrons. The van der Waals surface area contributed by atoms with E-state index in [1.807, 2.05) is 23.8 Å². The number of aliphatic hydroxyl groups excluding tert-OH is 1. The second-order valence-corrected chi connectivity index (χ2v) is 9.79. The number of fused-ring (bicyclic) bond motifs is 1. The maximum atomic E-state index is 10.0. The largest absolute Gasteiger partial charge is 0.393 e. The van der Waals surface area contributed by atoms with Crippen molar-refractivity contribution in [3.63, 3.8) is 0 Å². The number of methoxy groups -OCH3 is 1. The number of ether oxygens (including phenoxy) is 2. The van der Waals surface area contributed by atoms with Crippen molar-refractivity contribution in [3.8, 4) is 11.1 Å². The Hall–Kier alpha value is -2.59. The number of nitrogens with zero attached hydrogens (tertiary/aromatic N) is 5. The number of anilines is 1. The average molecular weight is 481 g/mol. The lowest BCUT2D eigenvalue weighted by molar-refractivity contribution is 0.0336. The number of rotatable bonds is 8. The first-order valence-corrected chi connectivity index (χ1v) is 12.7. The Labute approximate surface area is 206 Å². The van der Waals surface area contributed by atoms with E-state index in [-0.39, 0.29) is 12.1 Å².